The summed E-state index contributed by atoms with van der Waals surface area (Å²) in [6.07, 6.45) is 14.5. The Kier molecular flexibility index (Phi) is 22.4. The molecule has 3 aliphatic rings. The van der Waals surface area contributed by atoms with Gasteiger partial charge in [-0.25, -0.2) is 4.98 Å². The Hall–Kier alpha value is -6.37. The van der Waals surface area contributed by atoms with Crippen molar-refractivity contribution in [3.05, 3.63) is 245 Å². The Morgan fingerprint density at radius 2 is 0.671 bits per heavy atom. The van der Waals surface area contributed by atoms with Crippen LogP contribution in [0.4, 0.5) is 0 Å². The second-order valence-corrected chi connectivity index (χ2v) is 23.5. The number of thiocarbonyl (C=S) groups is 3. The van der Waals surface area contributed by atoms with Crippen LogP contribution < -0.4 is 16.0 Å². The molecule has 11 heteroatoms. The van der Waals surface area contributed by atoms with Crippen LogP contribution in [-0.4, -0.2) is 34.9 Å². The molecule has 6 N–H and O–H groups in total. The number of H-pyrrole nitrogens is 3. The molecule has 5 aromatic carbocycles. The summed E-state index contributed by atoms with van der Waals surface area (Å²) < 4.78 is 0.687. The van der Waals surface area contributed by atoms with Gasteiger partial charge in [0, 0.05) is 91.2 Å². The molecule has 0 radical (unpaired) electrons. The first kappa shape index (κ1) is 61.8. The van der Waals surface area contributed by atoms with Gasteiger partial charge in [0.25, 0.3) is 0 Å². The largest absolute Gasteiger partial charge is 0.356 e. The van der Waals surface area contributed by atoms with Crippen molar-refractivity contribution in [3.8, 4) is 0 Å². The summed E-state index contributed by atoms with van der Waals surface area (Å²) in [5, 5.41) is 9.37. The van der Waals surface area contributed by atoms with Gasteiger partial charge in [-0.2, -0.15) is 0 Å². The van der Waals surface area contributed by atoms with E-state index < -0.39 is 0 Å². The van der Waals surface area contributed by atoms with Crippen molar-refractivity contribution >= 4 is 63.8 Å². The van der Waals surface area contributed by atoms with Crippen LogP contribution in [0.25, 0.3) is 0 Å². The number of nitrogens with zero attached hydrogens (tertiary/aromatic N) is 1. The molecule has 0 saturated heterocycles. The first-order valence-electron chi connectivity index (χ1n) is 27.6. The molecular formula is C68H83N7S4. The molecule has 7 aromatic rings. The first-order chi connectivity index (χ1) is 37.6. The Morgan fingerprint density at radius 3 is 0.911 bits per heavy atom. The van der Waals surface area contributed by atoms with Gasteiger partial charge in [0.2, 0.25) is 0 Å². The molecule has 0 aliphatic carbocycles. The summed E-state index contributed by atoms with van der Waals surface area (Å²) in [7, 11) is 0. The monoisotopic (exact) mass is 1130 g/mol. The molecule has 0 saturated carbocycles. The third kappa shape index (κ3) is 16.2. The standard InChI is InChI=1S/3C14H17NS.C13H16N2S.C13H16N2/c3*1-9-5-4-6-13(10(9)2)11(3)12-7-14(16)15-8-12;1-8-5-4-6-11(9(8)2)10(3)12-7-14-13(16)15-12;1-9-5-4-6-12(10(9)2)11(3)13-7-14-8-15-13/h3*4-6,8,11H,7H2,1-3H3,(H,15,16);4-7,10H,1-3H3,(H2,14,15,16);4-8,11H,1-3H3,(H,14,15)/t3*11-;10-;11-/m11100/s1. The summed E-state index contributed by atoms with van der Waals surface area (Å²) in [5.74, 6) is 2.08. The molecule has 10 rings (SSSR count). The summed E-state index contributed by atoms with van der Waals surface area (Å²) >= 11 is 20.5. The highest BCUT2D eigenvalue weighted by Gasteiger charge is 2.22. The van der Waals surface area contributed by atoms with Crippen LogP contribution in [0.1, 0.15) is 178 Å². The van der Waals surface area contributed by atoms with Crippen LogP contribution in [0.5, 0.6) is 0 Å². The Labute approximate surface area is 493 Å². The molecule has 7 nitrogen and oxygen atoms in total. The van der Waals surface area contributed by atoms with Crippen molar-refractivity contribution in [2.24, 2.45) is 0 Å². The van der Waals surface area contributed by atoms with E-state index >= 15 is 0 Å². The van der Waals surface area contributed by atoms with E-state index in [1.54, 1.807) is 6.33 Å². The van der Waals surface area contributed by atoms with E-state index in [0.717, 1.165) is 39.9 Å². The zero-order valence-electron chi connectivity index (χ0n) is 49.2. The second-order valence-electron chi connectivity index (χ2n) is 21.6. The molecular weight excluding hydrogens is 1040 g/mol. The fourth-order valence-corrected chi connectivity index (χ4v) is 11.3. The van der Waals surface area contributed by atoms with Crippen LogP contribution in [0, 0.1) is 74.0 Å². The molecule has 0 unspecified atom stereocenters. The van der Waals surface area contributed by atoms with Crippen LogP contribution in [0.15, 0.2) is 145 Å². The van der Waals surface area contributed by atoms with E-state index in [9.17, 15) is 0 Å². The highest BCUT2D eigenvalue weighted by molar-refractivity contribution is 7.80. The molecule has 414 valence electrons. The quantitative estimate of drug-likeness (QED) is 0.0754. The fourth-order valence-electron chi connectivity index (χ4n) is 10.4. The van der Waals surface area contributed by atoms with E-state index in [-0.39, 0.29) is 0 Å². The highest BCUT2D eigenvalue weighted by Crippen LogP contribution is 2.35. The van der Waals surface area contributed by atoms with Crippen LogP contribution in [0.3, 0.4) is 0 Å². The van der Waals surface area contributed by atoms with Crippen molar-refractivity contribution in [3.63, 3.8) is 0 Å². The summed E-state index contributed by atoms with van der Waals surface area (Å²) in [4.78, 5) is 16.2. The summed E-state index contributed by atoms with van der Waals surface area (Å²) in [6, 6.07) is 32.4. The third-order valence-corrected chi connectivity index (χ3v) is 17.7. The van der Waals surface area contributed by atoms with Crippen molar-refractivity contribution in [1.82, 2.24) is 35.9 Å². The van der Waals surface area contributed by atoms with E-state index in [4.69, 9.17) is 48.9 Å². The molecule has 0 amide bonds. The average Bonchev–Trinajstić information content (AvgIpc) is 4.32. The van der Waals surface area contributed by atoms with Gasteiger partial charge in [0.15, 0.2) is 4.77 Å². The average molecular weight is 1130 g/mol. The Morgan fingerprint density at radius 1 is 0.380 bits per heavy atom. The van der Waals surface area contributed by atoms with Crippen LogP contribution in [-0.2, 0) is 0 Å². The van der Waals surface area contributed by atoms with Crippen molar-refractivity contribution < 1.29 is 0 Å². The lowest BCUT2D eigenvalue weighted by Gasteiger charge is -2.16. The SMILES string of the molecule is Cc1cccc([C@H](C)C2=CNC(=S)C2)c1C.Cc1cccc([C@H](C)C2=CNC(=S)C2)c1C.Cc1cccc([C@H](C)C2=CNC(=S)C2)c1C.Cc1cccc([C@H](C)c2c[nH]c(=S)[nH]2)c1C.Cc1cccc([C@H](C)c2cnc[nH]2)c1C. The minimum absolute atomic E-state index is 0.341. The number of hydrogen-bond acceptors (Lipinski definition) is 5. The maximum absolute atomic E-state index is 5.16. The zero-order chi connectivity index (χ0) is 57.7. The van der Waals surface area contributed by atoms with Crippen LogP contribution in [0.2, 0.25) is 0 Å². The number of nitrogens with one attached hydrogen (secondary N) is 6. The van der Waals surface area contributed by atoms with Crippen LogP contribution >= 0.6 is 48.9 Å². The number of hydrogen-bond donors (Lipinski definition) is 6. The molecule has 5 atom stereocenters. The van der Waals surface area contributed by atoms with Gasteiger partial charge in [-0.15, -0.1) is 0 Å². The van der Waals surface area contributed by atoms with E-state index in [0.29, 0.717) is 34.4 Å². The summed E-state index contributed by atoms with van der Waals surface area (Å²) in [5.41, 5.74) is 27.1. The second kappa shape index (κ2) is 28.7. The number of aryl methyl sites for hydroxylation is 5. The number of aromatic nitrogens is 4. The molecule has 0 bridgehead atoms. The molecule has 0 spiro atoms. The number of rotatable bonds is 10. The molecule has 79 heavy (non-hydrogen) atoms. The van der Waals surface area contributed by atoms with E-state index in [1.165, 1.54) is 106 Å². The van der Waals surface area contributed by atoms with Gasteiger partial charge >= 0.3 is 0 Å². The third-order valence-electron chi connectivity index (χ3n) is 16.7. The predicted octanol–water partition coefficient (Wildman–Crippen LogP) is 17.9. The molecule has 3 aliphatic heterocycles. The first-order valence-corrected chi connectivity index (χ1v) is 29.2. The molecule has 5 heterocycles. The lowest BCUT2D eigenvalue weighted by molar-refractivity contribution is 0.868. The minimum atomic E-state index is 0.341. The fraction of sp³-hybridized carbons (Fsp3) is 0.338. The lowest BCUT2D eigenvalue weighted by Crippen LogP contribution is -2.06. The van der Waals surface area contributed by atoms with Crippen molar-refractivity contribution in [1.29, 1.82) is 0 Å². The maximum Gasteiger partial charge on any atom is 0.174 e. The van der Waals surface area contributed by atoms with E-state index in [2.05, 4.69) is 249 Å². The topological polar surface area (TPSA) is 96.3 Å². The van der Waals surface area contributed by atoms with Gasteiger partial charge in [0.1, 0.15) is 0 Å². The Balaban J connectivity index is 0.000000160. The van der Waals surface area contributed by atoms with Crippen molar-refractivity contribution in [2.75, 3.05) is 0 Å². The maximum atomic E-state index is 5.16. The van der Waals surface area contributed by atoms with Gasteiger partial charge in [-0.05, 0) is 182 Å². The molecule has 2 aromatic heterocycles. The number of imidazole rings is 2. The lowest BCUT2D eigenvalue weighted by atomic mass is 9.88. The van der Waals surface area contributed by atoms with Gasteiger partial charge < -0.3 is 30.9 Å². The number of aromatic amines is 3. The molecule has 0 fully saturated rings. The minimum Gasteiger partial charge on any atom is -0.356 e. The smallest absolute Gasteiger partial charge is 0.174 e. The van der Waals surface area contributed by atoms with Crippen molar-refractivity contribution in [2.45, 2.75) is 153 Å². The number of benzene rings is 5. The van der Waals surface area contributed by atoms with Gasteiger partial charge in [-0.1, -0.05) is 162 Å². The summed E-state index contributed by atoms with van der Waals surface area (Å²) in [6.45, 7) is 32.9. The highest BCUT2D eigenvalue weighted by atomic mass is 32.1. The van der Waals surface area contributed by atoms with Gasteiger partial charge in [-0.3, -0.25) is 0 Å². The van der Waals surface area contributed by atoms with E-state index in [1.807, 2.05) is 12.4 Å². The normalized spacial score (nSPS) is 15.3. The predicted molar refractivity (Wildman–Crippen MR) is 350 cm³/mol. The van der Waals surface area contributed by atoms with Gasteiger partial charge in [0.05, 0.1) is 21.3 Å². The Bertz CT molecular complexity index is 3220. The zero-order valence-corrected chi connectivity index (χ0v) is 52.5.